The van der Waals surface area contributed by atoms with Crippen LogP contribution in [0.5, 0.6) is 5.75 Å². The van der Waals surface area contributed by atoms with Gasteiger partial charge in [-0.15, -0.1) is 0 Å². The highest BCUT2D eigenvalue weighted by Crippen LogP contribution is 2.38. The molecule has 0 saturated carbocycles. The van der Waals surface area contributed by atoms with Gasteiger partial charge in [0.1, 0.15) is 17.3 Å². The number of para-hydroxylation sites is 2. The molecule has 0 unspecified atom stereocenters. The molecule has 32 heavy (non-hydrogen) atoms. The van der Waals surface area contributed by atoms with Crippen LogP contribution in [0.4, 0.5) is 15.8 Å². The van der Waals surface area contributed by atoms with Crippen LogP contribution in [0.1, 0.15) is 25.0 Å². The van der Waals surface area contributed by atoms with Crippen molar-refractivity contribution in [2.45, 2.75) is 26.9 Å². The summed E-state index contributed by atoms with van der Waals surface area (Å²) >= 11 is 0. The average molecular weight is 430 g/mol. The second kappa shape index (κ2) is 8.67. The lowest BCUT2D eigenvalue weighted by atomic mass is 10.0. The first-order valence-electron chi connectivity index (χ1n) is 10.3. The van der Waals surface area contributed by atoms with E-state index in [1.54, 1.807) is 24.3 Å². The molecule has 0 bridgehead atoms. The molecule has 6 heteroatoms. The lowest BCUT2D eigenvalue weighted by Crippen LogP contribution is -2.33. The van der Waals surface area contributed by atoms with Crippen LogP contribution in [0.3, 0.4) is 0 Å². The fourth-order valence-electron chi connectivity index (χ4n) is 3.61. The molecule has 0 spiro atoms. The molecule has 0 saturated heterocycles. The summed E-state index contributed by atoms with van der Waals surface area (Å²) < 4.78 is 19.4. The Morgan fingerprint density at radius 2 is 1.62 bits per heavy atom. The molecule has 1 N–H and O–H groups in total. The highest BCUT2D eigenvalue weighted by Gasteiger charge is 2.41. The third kappa shape index (κ3) is 4.12. The van der Waals surface area contributed by atoms with Gasteiger partial charge in [-0.25, -0.2) is 9.29 Å². The molecule has 1 aliphatic heterocycles. The van der Waals surface area contributed by atoms with Crippen LogP contribution in [0, 0.1) is 12.7 Å². The van der Waals surface area contributed by atoms with Gasteiger partial charge in [0.15, 0.2) is 0 Å². The minimum atomic E-state index is -0.504. The van der Waals surface area contributed by atoms with Crippen molar-refractivity contribution in [3.05, 3.63) is 95.4 Å². The zero-order chi connectivity index (χ0) is 22.8. The largest absolute Gasteiger partial charge is 0.489 e. The number of benzene rings is 3. The Balaban J connectivity index is 1.83. The molecule has 0 radical (unpaired) electrons. The average Bonchev–Trinajstić information content (AvgIpc) is 2.98. The Kier molecular flexibility index (Phi) is 5.77. The zero-order valence-corrected chi connectivity index (χ0v) is 18.1. The lowest BCUT2D eigenvalue weighted by Gasteiger charge is -2.20. The smallest absolute Gasteiger partial charge is 0.282 e. The maximum absolute atomic E-state index is 13.6. The maximum Gasteiger partial charge on any atom is 0.282 e. The molecule has 4 rings (SSSR count). The van der Waals surface area contributed by atoms with Gasteiger partial charge in [0.05, 0.1) is 17.4 Å². The number of aryl methyl sites for hydroxylation is 1. The molecule has 3 aromatic carbocycles. The fraction of sp³-hybridized carbons (Fsp3) is 0.154. The van der Waals surface area contributed by atoms with Crippen molar-refractivity contribution in [2.75, 3.05) is 10.2 Å². The quantitative estimate of drug-likeness (QED) is 0.538. The third-order valence-electron chi connectivity index (χ3n) is 4.97. The summed E-state index contributed by atoms with van der Waals surface area (Å²) in [5.41, 5.74) is 2.79. The molecule has 0 fully saturated rings. The van der Waals surface area contributed by atoms with Crippen LogP contribution in [0.25, 0.3) is 5.57 Å². The number of carbonyl (C=O) groups is 2. The fourth-order valence-corrected chi connectivity index (χ4v) is 3.61. The van der Waals surface area contributed by atoms with Crippen LogP contribution in [-0.2, 0) is 9.59 Å². The van der Waals surface area contributed by atoms with Crippen molar-refractivity contribution in [3.63, 3.8) is 0 Å². The van der Waals surface area contributed by atoms with E-state index >= 15 is 0 Å². The number of amides is 2. The number of rotatable bonds is 6. The number of hydrogen-bond acceptors (Lipinski definition) is 4. The summed E-state index contributed by atoms with van der Waals surface area (Å²) in [5.74, 6) is -1.00. The normalized spacial score (nSPS) is 13.8. The van der Waals surface area contributed by atoms with E-state index in [9.17, 15) is 14.0 Å². The Hall–Kier alpha value is -3.93. The van der Waals surface area contributed by atoms with Gasteiger partial charge in [0, 0.05) is 5.69 Å². The minimum absolute atomic E-state index is 0.131. The van der Waals surface area contributed by atoms with Gasteiger partial charge >= 0.3 is 0 Å². The number of carbonyl (C=O) groups excluding carboxylic acids is 2. The van der Waals surface area contributed by atoms with Crippen molar-refractivity contribution >= 4 is 28.8 Å². The van der Waals surface area contributed by atoms with E-state index < -0.39 is 17.6 Å². The van der Waals surface area contributed by atoms with Crippen molar-refractivity contribution in [1.82, 2.24) is 0 Å². The number of nitrogens with one attached hydrogen (secondary N) is 1. The maximum atomic E-state index is 13.6. The predicted molar refractivity (Wildman–Crippen MR) is 123 cm³/mol. The number of imide groups is 1. The van der Waals surface area contributed by atoms with Gasteiger partial charge in [0.2, 0.25) is 0 Å². The van der Waals surface area contributed by atoms with Gasteiger partial charge in [-0.3, -0.25) is 9.59 Å². The van der Waals surface area contributed by atoms with Gasteiger partial charge in [-0.1, -0.05) is 36.4 Å². The second-order valence-electron chi connectivity index (χ2n) is 7.83. The van der Waals surface area contributed by atoms with Crippen LogP contribution in [-0.4, -0.2) is 17.9 Å². The Labute approximate surface area is 186 Å². The lowest BCUT2D eigenvalue weighted by molar-refractivity contribution is -0.120. The van der Waals surface area contributed by atoms with E-state index in [2.05, 4.69) is 5.32 Å². The monoisotopic (exact) mass is 430 g/mol. The van der Waals surface area contributed by atoms with E-state index in [4.69, 9.17) is 4.74 Å². The van der Waals surface area contributed by atoms with Gasteiger partial charge in [-0.05, 0) is 68.3 Å². The first kappa shape index (κ1) is 21.3. The predicted octanol–water partition coefficient (Wildman–Crippen LogP) is 5.32. The van der Waals surface area contributed by atoms with E-state index in [0.29, 0.717) is 22.7 Å². The first-order chi connectivity index (χ1) is 15.3. The minimum Gasteiger partial charge on any atom is -0.489 e. The van der Waals surface area contributed by atoms with Crippen LogP contribution >= 0.6 is 0 Å². The van der Waals surface area contributed by atoms with Gasteiger partial charge in [0.25, 0.3) is 11.8 Å². The number of nitrogens with zero attached hydrogens (tertiary/aromatic N) is 1. The first-order valence-corrected chi connectivity index (χ1v) is 10.3. The molecule has 0 atom stereocenters. The number of anilines is 2. The molecular formula is C26H23FN2O3. The van der Waals surface area contributed by atoms with E-state index in [-0.39, 0.29) is 17.4 Å². The summed E-state index contributed by atoms with van der Waals surface area (Å²) in [6.45, 7) is 5.68. The Morgan fingerprint density at radius 3 is 2.31 bits per heavy atom. The molecule has 2 amide bonds. The molecule has 3 aromatic rings. The molecular weight excluding hydrogens is 407 g/mol. The van der Waals surface area contributed by atoms with Crippen molar-refractivity contribution in [1.29, 1.82) is 0 Å². The van der Waals surface area contributed by atoms with E-state index in [1.807, 2.05) is 45.0 Å². The van der Waals surface area contributed by atoms with Crippen LogP contribution < -0.4 is 15.0 Å². The van der Waals surface area contributed by atoms with Gasteiger partial charge in [-0.2, -0.15) is 0 Å². The van der Waals surface area contributed by atoms with Gasteiger partial charge < -0.3 is 10.1 Å². The highest BCUT2D eigenvalue weighted by atomic mass is 19.1. The van der Waals surface area contributed by atoms with E-state index in [1.165, 1.54) is 24.3 Å². The summed E-state index contributed by atoms with van der Waals surface area (Å²) in [5, 5.41) is 3.12. The Bertz CT molecular complexity index is 1220. The Morgan fingerprint density at radius 1 is 0.906 bits per heavy atom. The summed E-state index contributed by atoms with van der Waals surface area (Å²) in [6, 6.07) is 19.9. The molecule has 1 heterocycles. The molecule has 0 aliphatic carbocycles. The number of ether oxygens (including phenoxy) is 1. The van der Waals surface area contributed by atoms with Crippen LogP contribution in [0.15, 0.2) is 78.5 Å². The topological polar surface area (TPSA) is 58.6 Å². The summed E-state index contributed by atoms with van der Waals surface area (Å²) in [7, 11) is 0. The molecule has 162 valence electrons. The third-order valence-corrected chi connectivity index (χ3v) is 4.97. The highest BCUT2D eigenvalue weighted by molar-refractivity contribution is 6.46. The summed E-state index contributed by atoms with van der Waals surface area (Å²) in [4.78, 5) is 28.2. The standard InChI is InChI=1S/C26H23FN2O3/c1-16(2)32-22-10-5-4-9-21(22)29-25(30)23(18-11-13-19(27)14-12-18)24(26(29)31)28-20-8-6-7-17(3)15-20/h4-16,28H,1-3H3. The number of hydrogen-bond donors (Lipinski definition) is 1. The van der Waals surface area contributed by atoms with Crippen molar-refractivity contribution < 1.29 is 18.7 Å². The molecule has 1 aliphatic rings. The number of halogens is 1. The molecule has 0 aromatic heterocycles. The zero-order valence-electron chi connectivity index (χ0n) is 18.1. The van der Waals surface area contributed by atoms with Crippen molar-refractivity contribution in [2.24, 2.45) is 0 Å². The van der Waals surface area contributed by atoms with E-state index in [0.717, 1.165) is 10.5 Å². The SMILES string of the molecule is Cc1cccc(NC2=C(c3ccc(F)cc3)C(=O)N(c3ccccc3OC(C)C)C2=O)c1. The van der Waals surface area contributed by atoms with Crippen molar-refractivity contribution in [3.8, 4) is 5.75 Å². The second-order valence-corrected chi connectivity index (χ2v) is 7.83. The van der Waals surface area contributed by atoms with Crippen LogP contribution in [0.2, 0.25) is 0 Å². The molecule has 5 nitrogen and oxygen atoms in total. The summed E-state index contributed by atoms with van der Waals surface area (Å²) in [6.07, 6.45) is -0.140.